The Morgan fingerprint density at radius 2 is 2.00 bits per heavy atom. The summed E-state index contributed by atoms with van der Waals surface area (Å²) in [5.41, 5.74) is 3.84. The first-order valence-corrected chi connectivity index (χ1v) is 7.51. The predicted molar refractivity (Wildman–Crippen MR) is 84.1 cm³/mol. The molecule has 0 amide bonds. The number of esters is 1. The number of ether oxygens (including phenoxy) is 2. The van der Waals surface area contributed by atoms with Crippen LogP contribution in [0, 0.1) is 19.8 Å². The maximum Gasteiger partial charge on any atom is 0.338 e. The number of hydrogen-bond acceptors (Lipinski definition) is 4. The number of carbonyl (C=O) groups is 1. The van der Waals surface area contributed by atoms with E-state index in [1.165, 1.54) is 7.11 Å². The van der Waals surface area contributed by atoms with E-state index in [1.807, 2.05) is 19.9 Å². The van der Waals surface area contributed by atoms with Crippen LogP contribution in [0.25, 0.3) is 0 Å². The van der Waals surface area contributed by atoms with E-state index in [2.05, 4.69) is 18.0 Å². The molecule has 1 aromatic rings. The third-order valence-electron chi connectivity index (χ3n) is 4.21. The third kappa shape index (κ3) is 3.76. The summed E-state index contributed by atoms with van der Waals surface area (Å²) in [6.07, 6.45) is 2.22. The number of hydrogen-bond donors (Lipinski definition) is 0. The van der Waals surface area contributed by atoms with Crippen molar-refractivity contribution in [3.8, 4) is 0 Å². The van der Waals surface area contributed by atoms with Crippen molar-refractivity contribution in [2.75, 3.05) is 38.8 Å². The Bertz CT molecular complexity index is 507. The van der Waals surface area contributed by atoms with Gasteiger partial charge in [-0.2, -0.15) is 0 Å². The van der Waals surface area contributed by atoms with Gasteiger partial charge in [-0.1, -0.05) is 0 Å². The van der Waals surface area contributed by atoms with Gasteiger partial charge in [0, 0.05) is 32.5 Å². The average molecular weight is 291 g/mol. The van der Waals surface area contributed by atoms with Gasteiger partial charge in [0.25, 0.3) is 0 Å². The highest BCUT2D eigenvalue weighted by Gasteiger charge is 2.19. The lowest BCUT2D eigenvalue weighted by molar-refractivity contribution is 0.0600. The van der Waals surface area contributed by atoms with Crippen LogP contribution in [0.1, 0.15) is 34.3 Å². The largest absolute Gasteiger partial charge is 0.465 e. The van der Waals surface area contributed by atoms with Crippen LogP contribution in [0.4, 0.5) is 5.69 Å². The summed E-state index contributed by atoms with van der Waals surface area (Å²) >= 11 is 0. The van der Waals surface area contributed by atoms with Gasteiger partial charge in [-0.25, -0.2) is 4.79 Å². The molecule has 0 radical (unpaired) electrons. The second kappa shape index (κ2) is 6.94. The lowest BCUT2D eigenvalue weighted by Crippen LogP contribution is -2.30. The van der Waals surface area contributed by atoms with E-state index in [0.29, 0.717) is 11.5 Å². The van der Waals surface area contributed by atoms with E-state index >= 15 is 0 Å². The Hall–Kier alpha value is -1.55. The lowest BCUT2D eigenvalue weighted by atomic mass is 9.98. The Labute approximate surface area is 127 Å². The molecule has 0 bridgehead atoms. The molecular weight excluding hydrogens is 266 g/mol. The van der Waals surface area contributed by atoms with E-state index in [-0.39, 0.29) is 5.97 Å². The van der Waals surface area contributed by atoms with Crippen LogP contribution in [-0.2, 0) is 9.47 Å². The van der Waals surface area contributed by atoms with Gasteiger partial charge in [0.2, 0.25) is 0 Å². The Kier molecular flexibility index (Phi) is 5.23. The monoisotopic (exact) mass is 291 g/mol. The first-order chi connectivity index (χ1) is 10.0. The quantitative estimate of drug-likeness (QED) is 0.800. The van der Waals surface area contributed by atoms with Crippen molar-refractivity contribution in [3.63, 3.8) is 0 Å². The maximum absolute atomic E-state index is 11.9. The molecule has 1 aliphatic rings. The van der Waals surface area contributed by atoms with E-state index in [9.17, 15) is 4.79 Å². The number of aryl methyl sites for hydroxylation is 1. The van der Waals surface area contributed by atoms with E-state index in [1.54, 1.807) is 0 Å². The Morgan fingerprint density at radius 1 is 1.33 bits per heavy atom. The highest BCUT2D eigenvalue weighted by atomic mass is 16.5. The van der Waals surface area contributed by atoms with E-state index in [4.69, 9.17) is 9.47 Å². The predicted octanol–water partition coefficient (Wildman–Crippen LogP) is 2.95. The van der Waals surface area contributed by atoms with Crippen LogP contribution in [0.2, 0.25) is 0 Å². The molecule has 0 aromatic heterocycles. The summed E-state index contributed by atoms with van der Waals surface area (Å²) in [6, 6.07) is 4.04. The van der Waals surface area contributed by atoms with Crippen molar-refractivity contribution in [2.24, 2.45) is 5.92 Å². The fraction of sp³-hybridized carbons (Fsp3) is 0.588. The van der Waals surface area contributed by atoms with Crippen molar-refractivity contribution in [2.45, 2.75) is 26.7 Å². The average Bonchev–Trinajstić information content (AvgIpc) is 2.49. The van der Waals surface area contributed by atoms with Gasteiger partial charge < -0.3 is 14.4 Å². The van der Waals surface area contributed by atoms with Crippen molar-refractivity contribution in [1.82, 2.24) is 0 Å². The van der Waals surface area contributed by atoms with Crippen LogP contribution in [-0.4, -0.2) is 39.9 Å². The standard InChI is InChI=1S/C17H25NO3/c1-12-9-15(17(19)20-4)13(2)16(10-12)18(3)11-14-5-7-21-8-6-14/h9-10,14H,5-8,11H2,1-4H3. The Morgan fingerprint density at radius 3 is 2.62 bits per heavy atom. The van der Waals surface area contributed by atoms with E-state index < -0.39 is 0 Å². The molecule has 0 atom stereocenters. The van der Waals surface area contributed by atoms with Gasteiger partial charge in [0.05, 0.1) is 12.7 Å². The second-order valence-electron chi connectivity index (χ2n) is 5.88. The minimum absolute atomic E-state index is 0.267. The van der Waals surface area contributed by atoms with Crippen LogP contribution in [0.3, 0.4) is 0 Å². The molecule has 0 spiro atoms. The molecule has 116 valence electrons. The molecule has 1 aromatic carbocycles. The first-order valence-electron chi connectivity index (χ1n) is 7.51. The van der Waals surface area contributed by atoms with Gasteiger partial charge in [-0.3, -0.25) is 0 Å². The number of nitrogens with zero attached hydrogens (tertiary/aromatic N) is 1. The molecule has 0 unspecified atom stereocenters. The number of anilines is 1. The minimum atomic E-state index is -0.267. The molecule has 0 N–H and O–H groups in total. The summed E-state index contributed by atoms with van der Waals surface area (Å²) in [7, 11) is 3.52. The molecule has 1 heterocycles. The van der Waals surface area contributed by atoms with Gasteiger partial charge in [-0.15, -0.1) is 0 Å². The molecule has 4 heteroatoms. The molecule has 0 aliphatic carbocycles. The van der Waals surface area contributed by atoms with Crippen molar-refractivity contribution >= 4 is 11.7 Å². The van der Waals surface area contributed by atoms with Gasteiger partial charge in [0.15, 0.2) is 0 Å². The zero-order valence-corrected chi connectivity index (χ0v) is 13.4. The molecule has 0 saturated carbocycles. The first kappa shape index (κ1) is 15.8. The van der Waals surface area contributed by atoms with E-state index in [0.717, 1.165) is 49.4 Å². The van der Waals surface area contributed by atoms with Gasteiger partial charge in [0.1, 0.15) is 0 Å². The van der Waals surface area contributed by atoms with Crippen molar-refractivity contribution in [1.29, 1.82) is 0 Å². The smallest absolute Gasteiger partial charge is 0.338 e. The summed E-state index contributed by atoms with van der Waals surface area (Å²) in [6.45, 7) is 6.71. The minimum Gasteiger partial charge on any atom is -0.465 e. The molecule has 1 fully saturated rings. The third-order valence-corrected chi connectivity index (χ3v) is 4.21. The summed E-state index contributed by atoms with van der Waals surface area (Å²) in [5, 5.41) is 0. The zero-order chi connectivity index (χ0) is 15.4. The van der Waals surface area contributed by atoms with Gasteiger partial charge >= 0.3 is 5.97 Å². The number of rotatable bonds is 4. The molecule has 2 rings (SSSR count). The molecule has 4 nitrogen and oxygen atoms in total. The van der Waals surface area contributed by atoms with Crippen LogP contribution >= 0.6 is 0 Å². The second-order valence-corrected chi connectivity index (χ2v) is 5.88. The SMILES string of the molecule is COC(=O)c1cc(C)cc(N(C)CC2CCOCC2)c1C. The lowest BCUT2D eigenvalue weighted by Gasteiger charge is -2.30. The van der Waals surface area contributed by atoms with Gasteiger partial charge in [-0.05, 0) is 55.9 Å². The topological polar surface area (TPSA) is 38.8 Å². The summed E-state index contributed by atoms with van der Waals surface area (Å²) in [5.74, 6) is 0.391. The highest BCUT2D eigenvalue weighted by Crippen LogP contribution is 2.27. The van der Waals surface area contributed by atoms with Crippen LogP contribution < -0.4 is 4.90 Å². The summed E-state index contributed by atoms with van der Waals surface area (Å²) < 4.78 is 10.3. The van der Waals surface area contributed by atoms with Crippen molar-refractivity contribution < 1.29 is 14.3 Å². The number of carbonyl (C=O) groups excluding carboxylic acids is 1. The normalized spacial score (nSPS) is 15.8. The maximum atomic E-state index is 11.9. The molecule has 1 saturated heterocycles. The summed E-state index contributed by atoms with van der Waals surface area (Å²) in [4.78, 5) is 14.1. The van der Waals surface area contributed by atoms with Crippen LogP contribution in [0.15, 0.2) is 12.1 Å². The number of methoxy groups -OCH3 is 1. The fourth-order valence-corrected chi connectivity index (χ4v) is 2.97. The van der Waals surface area contributed by atoms with Crippen molar-refractivity contribution in [3.05, 3.63) is 28.8 Å². The Balaban J connectivity index is 2.21. The van der Waals surface area contributed by atoms with Crippen LogP contribution in [0.5, 0.6) is 0 Å². The molecule has 1 aliphatic heterocycles. The molecular formula is C17H25NO3. The number of benzene rings is 1. The fourth-order valence-electron chi connectivity index (χ4n) is 2.97. The zero-order valence-electron chi connectivity index (χ0n) is 13.4. The molecule has 21 heavy (non-hydrogen) atoms. The highest BCUT2D eigenvalue weighted by molar-refractivity contribution is 5.93.